The summed E-state index contributed by atoms with van der Waals surface area (Å²) in [4.78, 5) is 21.3. The molecular weight excluding hydrogens is 290 g/mol. The van der Waals surface area contributed by atoms with Gasteiger partial charge >= 0.3 is 0 Å². The van der Waals surface area contributed by atoms with Crippen LogP contribution in [-0.2, 0) is 11.8 Å². The first kappa shape index (κ1) is 14.2. The lowest BCUT2D eigenvalue weighted by atomic mass is 10.1. The van der Waals surface area contributed by atoms with E-state index < -0.39 is 0 Å². The Bertz CT molecular complexity index is 690. The molecule has 1 saturated heterocycles. The van der Waals surface area contributed by atoms with Crippen molar-refractivity contribution in [3.05, 3.63) is 42.4 Å². The molecule has 6 nitrogen and oxygen atoms in total. The first-order chi connectivity index (χ1) is 11.2. The lowest BCUT2D eigenvalue weighted by Crippen LogP contribution is -2.49. The summed E-state index contributed by atoms with van der Waals surface area (Å²) < 4.78 is 1.81. The Morgan fingerprint density at radius 3 is 2.70 bits per heavy atom. The molecule has 1 aliphatic heterocycles. The van der Waals surface area contributed by atoms with Gasteiger partial charge in [0.1, 0.15) is 5.82 Å². The predicted octanol–water partition coefficient (Wildman–Crippen LogP) is 1.27. The number of aryl methyl sites for hydroxylation is 1. The van der Waals surface area contributed by atoms with Crippen LogP contribution in [0.3, 0.4) is 0 Å². The summed E-state index contributed by atoms with van der Waals surface area (Å²) in [6.07, 6.45) is 6.69. The van der Waals surface area contributed by atoms with Crippen LogP contribution in [0.2, 0.25) is 0 Å². The monoisotopic (exact) mass is 311 g/mol. The summed E-state index contributed by atoms with van der Waals surface area (Å²) in [5.74, 6) is 1.82. The summed E-state index contributed by atoms with van der Waals surface area (Å²) >= 11 is 0. The van der Waals surface area contributed by atoms with Gasteiger partial charge in [-0.1, -0.05) is 6.07 Å². The average molecular weight is 311 g/mol. The van der Waals surface area contributed by atoms with E-state index in [1.807, 2.05) is 48.7 Å². The molecule has 2 atom stereocenters. The molecule has 120 valence electrons. The number of nitrogens with zero attached hydrogens (tertiary/aromatic N) is 5. The van der Waals surface area contributed by atoms with E-state index in [1.165, 1.54) is 5.56 Å². The summed E-state index contributed by atoms with van der Waals surface area (Å²) in [5.41, 5.74) is 1.19. The van der Waals surface area contributed by atoms with Crippen molar-refractivity contribution >= 4 is 11.7 Å². The number of carbonyl (C=O) groups excluding carboxylic acids is 1. The molecule has 1 aliphatic carbocycles. The van der Waals surface area contributed by atoms with Gasteiger partial charge in [-0.25, -0.2) is 4.98 Å². The fourth-order valence-corrected chi connectivity index (χ4v) is 3.40. The third-order valence-corrected chi connectivity index (χ3v) is 4.83. The van der Waals surface area contributed by atoms with Crippen molar-refractivity contribution in [2.45, 2.75) is 12.3 Å². The van der Waals surface area contributed by atoms with E-state index in [9.17, 15) is 4.79 Å². The molecule has 2 fully saturated rings. The number of pyridine rings is 1. The molecule has 0 aromatic carbocycles. The van der Waals surface area contributed by atoms with Crippen LogP contribution in [0.25, 0.3) is 0 Å². The van der Waals surface area contributed by atoms with E-state index in [1.54, 1.807) is 4.68 Å². The first-order valence-electron chi connectivity index (χ1n) is 8.15. The van der Waals surface area contributed by atoms with E-state index >= 15 is 0 Å². The SMILES string of the molecule is Cn1cc([C@H]2C[C@@H]2C(=O)N2CCN(c3ccccn3)CC2)cn1. The van der Waals surface area contributed by atoms with Crippen molar-refractivity contribution < 1.29 is 4.79 Å². The van der Waals surface area contributed by atoms with Gasteiger partial charge in [0.15, 0.2) is 0 Å². The van der Waals surface area contributed by atoms with Gasteiger partial charge in [0.05, 0.1) is 6.20 Å². The van der Waals surface area contributed by atoms with Crippen molar-refractivity contribution in [2.24, 2.45) is 13.0 Å². The zero-order valence-electron chi connectivity index (χ0n) is 13.3. The maximum atomic E-state index is 12.7. The van der Waals surface area contributed by atoms with Gasteiger partial charge in [-0.05, 0) is 30.0 Å². The zero-order chi connectivity index (χ0) is 15.8. The van der Waals surface area contributed by atoms with E-state index in [0.29, 0.717) is 11.8 Å². The number of rotatable bonds is 3. The van der Waals surface area contributed by atoms with Gasteiger partial charge < -0.3 is 9.80 Å². The number of anilines is 1. The molecule has 4 rings (SSSR count). The van der Waals surface area contributed by atoms with Gasteiger partial charge in [-0.2, -0.15) is 5.10 Å². The summed E-state index contributed by atoms with van der Waals surface area (Å²) in [6, 6.07) is 5.95. The van der Waals surface area contributed by atoms with Gasteiger partial charge in [0.25, 0.3) is 0 Å². The number of hydrogen-bond donors (Lipinski definition) is 0. The normalized spacial score (nSPS) is 23.9. The molecule has 1 amide bonds. The summed E-state index contributed by atoms with van der Waals surface area (Å²) in [6.45, 7) is 3.28. The van der Waals surface area contributed by atoms with Crippen LogP contribution >= 0.6 is 0 Å². The lowest BCUT2D eigenvalue weighted by molar-refractivity contribution is -0.133. The minimum Gasteiger partial charge on any atom is -0.353 e. The van der Waals surface area contributed by atoms with E-state index in [4.69, 9.17) is 0 Å². The van der Waals surface area contributed by atoms with Gasteiger partial charge in [0.2, 0.25) is 5.91 Å². The highest BCUT2D eigenvalue weighted by Crippen LogP contribution is 2.48. The number of carbonyl (C=O) groups is 1. The molecule has 2 aromatic rings. The van der Waals surface area contributed by atoms with Crippen LogP contribution in [0.4, 0.5) is 5.82 Å². The Balaban J connectivity index is 1.33. The van der Waals surface area contributed by atoms with Gasteiger partial charge in [-0.3, -0.25) is 9.48 Å². The number of amides is 1. The fraction of sp³-hybridized carbons (Fsp3) is 0.471. The number of piperazine rings is 1. The van der Waals surface area contributed by atoms with Crippen molar-refractivity contribution in [3.8, 4) is 0 Å². The van der Waals surface area contributed by atoms with E-state index in [0.717, 1.165) is 38.4 Å². The molecule has 2 aliphatic rings. The standard InChI is InChI=1S/C17H21N5O/c1-20-12-13(11-19-20)14-10-15(14)17(23)22-8-6-21(7-9-22)16-4-2-3-5-18-16/h2-5,11-12,14-15H,6-10H2,1H3/t14-,15+/m1/s1. The minimum atomic E-state index is 0.153. The largest absolute Gasteiger partial charge is 0.353 e. The molecule has 6 heteroatoms. The second-order valence-electron chi connectivity index (χ2n) is 6.40. The Kier molecular flexibility index (Phi) is 3.52. The number of hydrogen-bond acceptors (Lipinski definition) is 4. The maximum Gasteiger partial charge on any atom is 0.226 e. The third kappa shape index (κ3) is 2.81. The van der Waals surface area contributed by atoms with Crippen LogP contribution in [0.5, 0.6) is 0 Å². The lowest BCUT2D eigenvalue weighted by Gasteiger charge is -2.35. The second kappa shape index (κ2) is 5.68. The molecule has 3 heterocycles. The molecular formula is C17H21N5O. The first-order valence-corrected chi connectivity index (χ1v) is 8.15. The summed E-state index contributed by atoms with van der Waals surface area (Å²) in [5, 5.41) is 4.21. The molecule has 0 spiro atoms. The summed E-state index contributed by atoms with van der Waals surface area (Å²) in [7, 11) is 1.92. The molecule has 2 aromatic heterocycles. The van der Waals surface area contributed by atoms with Crippen molar-refractivity contribution in [1.29, 1.82) is 0 Å². The highest BCUT2D eigenvalue weighted by molar-refractivity contribution is 5.83. The average Bonchev–Trinajstić information content (AvgIpc) is 3.29. The van der Waals surface area contributed by atoms with Gasteiger partial charge in [0, 0.05) is 51.5 Å². The minimum absolute atomic E-state index is 0.153. The second-order valence-corrected chi connectivity index (χ2v) is 6.40. The fourth-order valence-electron chi connectivity index (χ4n) is 3.40. The van der Waals surface area contributed by atoms with Crippen LogP contribution < -0.4 is 4.90 Å². The third-order valence-electron chi connectivity index (χ3n) is 4.83. The molecule has 0 N–H and O–H groups in total. The molecule has 0 unspecified atom stereocenters. The highest BCUT2D eigenvalue weighted by atomic mass is 16.2. The topological polar surface area (TPSA) is 54.3 Å². The van der Waals surface area contributed by atoms with E-state index in [-0.39, 0.29) is 5.92 Å². The molecule has 1 saturated carbocycles. The predicted molar refractivity (Wildman–Crippen MR) is 87.1 cm³/mol. The van der Waals surface area contributed by atoms with Crippen molar-refractivity contribution in [1.82, 2.24) is 19.7 Å². The Morgan fingerprint density at radius 2 is 2.04 bits per heavy atom. The van der Waals surface area contributed by atoms with Crippen LogP contribution in [0.1, 0.15) is 17.9 Å². The van der Waals surface area contributed by atoms with Crippen LogP contribution in [0.15, 0.2) is 36.8 Å². The molecule has 0 bridgehead atoms. The Hall–Kier alpha value is -2.37. The van der Waals surface area contributed by atoms with Gasteiger partial charge in [-0.15, -0.1) is 0 Å². The Morgan fingerprint density at radius 1 is 1.22 bits per heavy atom. The molecule has 0 radical (unpaired) electrons. The molecule has 23 heavy (non-hydrogen) atoms. The number of aromatic nitrogens is 3. The van der Waals surface area contributed by atoms with Crippen LogP contribution in [-0.4, -0.2) is 51.8 Å². The Labute approximate surface area is 135 Å². The highest BCUT2D eigenvalue weighted by Gasteiger charge is 2.46. The van der Waals surface area contributed by atoms with E-state index in [2.05, 4.69) is 15.0 Å². The quantitative estimate of drug-likeness (QED) is 0.856. The smallest absolute Gasteiger partial charge is 0.226 e. The zero-order valence-corrected chi connectivity index (χ0v) is 13.3. The van der Waals surface area contributed by atoms with Crippen molar-refractivity contribution in [2.75, 3.05) is 31.1 Å². The van der Waals surface area contributed by atoms with Crippen LogP contribution in [0, 0.1) is 5.92 Å². The maximum absolute atomic E-state index is 12.7. The van der Waals surface area contributed by atoms with Crippen molar-refractivity contribution in [3.63, 3.8) is 0 Å².